The minimum Gasteiger partial charge on any atom is -0.481 e. The zero-order valence-corrected chi connectivity index (χ0v) is 14.6. The van der Waals surface area contributed by atoms with Crippen LogP contribution in [0, 0.1) is 0 Å². The molecule has 0 unspecified atom stereocenters. The summed E-state index contributed by atoms with van der Waals surface area (Å²) in [4.78, 5) is 30.1. The number of hydrogen-bond acceptors (Lipinski definition) is 4. The molecule has 2 heterocycles. The molecule has 0 spiro atoms. The molecular weight excluding hydrogens is 330 g/mol. The van der Waals surface area contributed by atoms with Gasteiger partial charge in [0.15, 0.2) is 0 Å². The summed E-state index contributed by atoms with van der Waals surface area (Å²) >= 11 is 0. The van der Waals surface area contributed by atoms with E-state index >= 15 is 0 Å². The van der Waals surface area contributed by atoms with E-state index in [0.717, 1.165) is 37.3 Å². The van der Waals surface area contributed by atoms with Gasteiger partial charge in [-0.2, -0.15) is 0 Å². The van der Waals surface area contributed by atoms with E-state index in [4.69, 9.17) is 5.11 Å². The molecule has 1 aromatic carbocycles. The summed E-state index contributed by atoms with van der Waals surface area (Å²) in [5.41, 5.74) is 2.10. The fraction of sp³-hybridized carbons (Fsp3) is 0.350. The van der Waals surface area contributed by atoms with Crippen molar-refractivity contribution in [1.82, 2.24) is 4.98 Å². The van der Waals surface area contributed by atoms with Gasteiger partial charge in [0.05, 0.1) is 5.56 Å². The third-order valence-corrected chi connectivity index (χ3v) is 4.50. The van der Waals surface area contributed by atoms with Crippen molar-refractivity contribution < 1.29 is 14.7 Å². The number of piperidine rings is 1. The highest BCUT2D eigenvalue weighted by atomic mass is 16.4. The Labute approximate surface area is 152 Å². The summed E-state index contributed by atoms with van der Waals surface area (Å²) in [5.74, 6) is -0.304. The maximum Gasteiger partial charge on any atom is 0.303 e. The lowest BCUT2D eigenvalue weighted by Crippen LogP contribution is -2.32. The van der Waals surface area contributed by atoms with Gasteiger partial charge in [0.25, 0.3) is 5.91 Å². The Morgan fingerprint density at radius 2 is 1.92 bits per heavy atom. The average Bonchev–Trinajstić information content (AvgIpc) is 2.67. The van der Waals surface area contributed by atoms with Crippen LogP contribution in [0.3, 0.4) is 0 Å². The predicted molar refractivity (Wildman–Crippen MR) is 101 cm³/mol. The largest absolute Gasteiger partial charge is 0.481 e. The number of carboxylic acid groups (broad SMARTS) is 1. The lowest BCUT2D eigenvalue weighted by molar-refractivity contribution is -0.136. The maximum atomic E-state index is 12.8. The van der Waals surface area contributed by atoms with Gasteiger partial charge >= 0.3 is 5.97 Å². The summed E-state index contributed by atoms with van der Waals surface area (Å²) in [6.07, 6.45) is 5.66. The van der Waals surface area contributed by atoms with E-state index in [1.807, 2.05) is 18.2 Å². The van der Waals surface area contributed by atoms with Crippen LogP contribution in [0.15, 0.2) is 42.6 Å². The van der Waals surface area contributed by atoms with E-state index in [2.05, 4.69) is 15.2 Å². The van der Waals surface area contributed by atoms with Gasteiger partial charge in [0.1, 0.15) is 5.82 Å². The van der Waals surface area contributed by atoms with E-state index in [-0.39, 0.29) is 12.3 Å². The van der Waals surface area contributed by atoms with Crippen LogP contribution in [0.5, 0.6) is 0 Å². The van der Waals surface area contributed by atoms with Crippen molar-refractivity contribution in [2.45, 2.75) is 32.1 Å². The third kappa shape index (κ3) is 4.59. The minimum atomic E-state index is -0.832. The molecule has 2 aromatic rings. The minimum absolute atomic E-state index is 0.0686. The van der Waals surface area contributed by atoms with Crippen molar-refractivity contribution in [2.24, 2.45) is 0 Å². The summed E-state index contributed by atoms with van der Waals surface area (Å²) in [7, 11) is 0. The first-order chi connectivity index (χ1) is 12.6. The summed E-state index contributed by atoms with van der Waals surface area (Å²) in [5, 5.41) is 11.7. The van der Waals surface area contributed by atoms with Gasteiger partial charge in [-0.1, -0.05) is 12.1 Å². The second kappa shape index (κ2) is 8.47. The monoisotopic (exact) mass is 353 g/mol. The first kappa shape index (κ1) is 17.9. The van der Waals surface area contributed by atoms with Crippen LogP contribution < -0.4 is 10.2 Å². The molecule has 6 heteroatoms. The molecular formula is C20H23N3O3. The van der Waals surface area contributed by atoms with Crippen LogP contribution in [0.2, 0.25) is 0 Å². The standard InChI is InChI=1S/C20H23N3O3/c24-18(25)10-9-15-6-4-7-16(14-15)22-20(26)17-8-5-11-21-19(17)23-12-2-1-3-13-23/h4-8,11,14H,1-3,9-10,12-13H2,(H,22,26)(H,24,25). The Morgan fingerprint density at radius 1 is 1.12 bits per heavy atom. The Balaban J connectivity index is 1.74. The molecule has 136 valence electrons. The molecule has 1 aliphatic rings. The van der Waals surface area contributed by atoms with Crippen molar-refractivity contribution in [3.05, 3.63) is 53.7 Å². The molecule has 0 bridgehead atoms. The lowest BCUT2D eigenvalue weighted by atomic mass is 10.1. The Kier molecular flexibility index (Phi) is 5.84. The highest BCUT2D eigenvalue weighted by Crippen LogP contribution is 2.23. The topological polar surface area (TPSA) is 82.5 Å². The smallest absolute Gasteiger partial charge is 0.303 e. The van der Waals surface area contributed by atoms with Crippen LogP contribution in [0.25, 0.3) is 0 Å². The SMILES string of the molecule is O=C(O)CCc1cccc(NC(=O)c2cccnc2N2CCCCC2)c1. The molecule has 0 saturated carbocycles. The first-order valence-electron chi connectivity index (χ1n) is 8.95. The van der Waals surface area contributed by atoms with Gasteiger partial charge in [-0.3, -0.25) is 9.59 Å². The van der Waals surface area contributed by atoms with Crippen LogP contribution in [-0.4, -0.2) is 35.1 Å². The fourth-order valence-electron chi connectivity index (χ4n) is 3.19. The molecule has 0 radical (unpaired) electrons. The number of anilines is 2. The summed E-state index contributed by atoms with van der Waals surface area (Å²) < 4.78 is 0. The Hall–Kier alpha value is -2.89. The van der Waals surface area contributed by atoms with Gasteiger partial charge in [0.2, 0.25) is 0 Å². The molecule has 0 aliphatic carbocycles. The van der Waals surface area contributed by atoms with Crippen molar-refractivity contribution >= 4 is 23.4 Å². The zero-order valence-electron chi connectivity index (χ0n) is 14.6. The normalized spacial score (nSPS) is 14.1. The van der Waals surface area contributed by atoms with Crippen LogP contribution in [0.4, 0.5) is 11.5 Å². The van der Waals surface area contributed by atoms with E-state index in [0.29, 0.717) is 17.7 Å². The van der Waals surface area contributed by atoms with Crippen LogP contribution in [0.1, 0.15) is 41.6 Å². The summed E-state index contributed by atoms with van der Waals surface area (Å²) in [6.45, 7) is 1.84. The number of amides is 1. The number of benzene rings is 1. The molecule has 1 fully saturated rings. The van der Waals surface area contributed by atoms with E-state index in [9.17, 15) is 9.59 Å². The highest BCUT2D eigenvalue weighted by Gasteiger charge is 2.19. The molecule has 1 aromatic heterocycles. The molecule has 1 amide bonds. The third-order valence-electron chi connectivity index (χ3n) is 4.50. The molecule has 1 aliphatic heterocycles. The Morgan fingerprint density at radius 3 is 2.69 bits per heavy atom. The molecule has 1 saturated heterocycles. The maximum absolute atomic E-state index is 12.8. The van der Waals surface area contributed by atoms with Gasteiger partial charge in [-0.05, 0) is 55.5 Å². The highest BCUT2D eigenvalue weighted by molar-refractivity contribution is 6.07. The van der Waals surface area contributed by atoms with Crippen molar-refractivity contribution in [3.8, 4) is 0 Å². The molecule has 2 N–H and O–H groups in total. The van der Waals surface area contributed by atoms with E-state index in [1.54, 1.807) is 24.4 Å². The van der Waals surface area contributed by atoms with Gasteiger partial charge in [0, 0.05) is 31.4 Å². The number of carboxylic acids is 1. The second-order valence-electron chi connectivity index (χ2n) is 6.47. The number of rotatable bonds is 6. The first-order valence-corrected chi connectivity index (χ1v) is 8.95. The Bertz CT molecular complexity index is 785. The molecule has 6 nitrogen and oxygen atoms in total. The fourth-order valence-corrected chi connectivity index (χ4v) is 3.19. The number of nitrogens with one attached hydrogen (secondary N) is 1. The number of aromatic nitrogens is 1. The number of nitrogens with zero attached hydrogens (tertiary/aromatic N) is 2. The van der Waals surface area contributed by atoms with E-state index < -0.39 is 5.97 Å². The van der Waals surface area contributed by atoms with Crippen LogP contribution in [-0.2, 0) is 11.2 Å². The number of aliphatic carboxylic acids is 1. The molecule has 3 rings (SSSR count). The van der Waals surface area contributed by atoms with Crippen LogP contribution >= 0.6 is 0 Å². The number of carbonyl (C=O) groups is 2. The molecule has 26 heavy (non-hydrogen) atoms. The number of hydrogen-bond donors (Lipinski definition) is 2. The quantitative estimate of drug-likeness (QED) is 0.832. The van der Waals surface area contributed by atoms with Crippen molar-refractivity contribution in [2.75, 3.05) is 23.3 Å². The van der Waals surface area contributed by atoms with Crippen molar-refractivity contribution in [1.29, 1.82) is 0 Å². The number of carbonyl (C=O) groups excluding carboxylic acids is 1. The summed E-state index contributed by atoms with van der Waals surface area (Å²) in [6, 6.07) is 10.9. The molecule has 0 atom stereocenters. The lowest BCUT2D eigenvalue weighted by Gasteiger charge is -2.29. The van der Waals surface area contributed by atoms with Gasteiger partial charge < -0.3 is 15.3 Å². The van der Waals surface area contributed by atoms with Gasteiger partial charge in [-0.25, -0.2) is 4.98 Å². The second-order valence-corrected chi connectivity index (χ2v) is 6.47. The van der Waals surface area contributed by atoms with Gasteiger partial charge in [-0.15, -0.1) is 0 Å². The number of aryl methyl sites for hydroxylation is 1. The number of pyridine rings is 1. The van der Waals surface area contributed by atoms with Crippen molar-refractivity contribution in [3.63, 3.8) is 0 Å². The average molecular weight is 353 g/mol. The van der Waals surface area contributed by atoms with E-state index in [1.165, 1.54) is 6.42 Å². The predicted octanol–water partition coefficient (Wildman–Crippen LogP) is 3.34. The zero-order chi connectivity index (χ0) is 18.4.